The van der Waals surface area contributed by atoms with Crippen LogP contribution in [-0.2, 0) is 20.9 Å². The van der Waals surface area contributed by atoms with Gasteiger partial charge in [0.1, 0.15) is 6.61 Å². The number of hydrogen-bond donors (Lipinski definition) is 1. The summed E-state index contributed by atoms with van der Waals surface area (Å²) in [6.45, 7) is 4.66. The van der Waals surface area contributed by atoms with Crippen molar-refractivity contribution in [3.05, 3.63) is 35.9 Å². The number of carbonyl (C=O) groups is 1. The van der Waals surface area contributed by atoms with Crippen molar-refractivity contribution < 1.29 is 14.3 Å². The fourth-order valence-electron chi connectivity index (χ4n) is 1.47. The average Bonchev–Trinajstić information content (AvgIpc) is 2.42. The molecule has 100 valence electrons. The second-order valence-corrected chi connectivity index (χ2v) is 4.13. The highest BCUT2D eigenvalue weighted by Crippen LogP contribution is 2.05. The predicted molar refractivity (Wildman–Crippen MR) is 70.2 cm³/mol. The highest BCUT2D eigenvalue weighted by Gasteiger charge is 2.21. The maximum Gasteiger partial charge on any atom is 0.177 e. The molecule has 0 aliphatic rings. The molecule has 1 rings (SSSR count). The number of Topliss-reactive ketones (excluding diaryl/α,β-unsaturated/α-hetero) is 1. The molecule has 0 heterocycles. The van der Waals surface area contributed by atoms with E-state index in [9.17, 15) is 4.79 Å². The second-order valence-electron chi connectivity index (χ2n) is 4.13. The lowest BCUT2D eigenvalue weighted by Crippen LogP contribution is -2.43. The van der Waals surface area contributed by atoms with Crippen LogP contribution in [0.5, 0.6) is 0 Å². The summed E-state index contributed by atoms with van der Waals surface area (Å²) in [4.78, 5) is 11.6. The molecule has 0 saturated carbocycles. The Labute approximate surface area is 108 Å². The van der Waals surface area contributed by atoms with Gasteiger partial charge in [0.15, 0.2) is 5.78 Å². The summed E-state index contributed by atoms with van der Waals surface area (Å²) >= 11 is 0. The molecule has 0 saturated heterocycles. The predicted octanol–water partition coefficient (Wildman–Crippen LogP) is 1.52. The van der Waals surface area contributed by atoms with E-state index in [1.165, 1.54) is 0 Å². The summed E-state index contributed by atoms with van der Waals surface area (Å²) in [6.07, 6.45) is -0.321. The molecule has 0 aliphatic carbocycles. The average molecular weight is 251 g/mol. The molecule has 4 heteroatoms. The van der Waals surface area contributed by atoms with Gasteiger partial charge in [-0.2, -0.15) is 0 Å². The van der Waals surface area contributed by atoms with Crippen LogP contribution >= 0.6 is 0 Å². The molecule has 1 aromatic carbocycles. The highest BCUT2D eigenvalue weighted by molar-refractivity contribution is 5.85. The Balaban J connectivity index is 2.35. The van der Waals surface area contributed by atoms with Crippen LogP contribution in [0.2, 0.25) is 0 Å². The van der Waals surface area contributed by atoms with Crippen molar-refractivity contribution in [2.75, 3.05) is 13.2 Å². The van der Waals surface area contributed by atoms with Crippen LogP contribution in [0.4, 0.5) is 0 Å². The van der Waals surface area contributed by atoms with E-state index in [4.69, 9.17) is 15.2 Å². The summed E-state index contributed by atoms with van der Waals surface area (Å²) in [5.41, 5.74) is 6.87. The lowest BCUT2D eigenvalue weighted by molar-refractivity contribution is -0.128. The molecular weight excluding hydrogens is 230 g/mol. The Morgan fingerprint density at radius 1 is 1.33 bits per heavy atom. The van der Waals surface area contributed by atoms with Crippen molar-refractivity contribution in [2.45, 2.75) is 32.6 Å². The fraction of sp³-hybridized carbons (Fsp3) is 0.500. The zero-order valence-corrected chi connectivity index (χ0v) is 11.0. The van der Waals surface area contributed by atoms with Gasteiger partial charge in [0.05, 0.1) is 18.8 Å². The van der Waals surface area contributed by atoms with E-state index in [0.717, 1.165) is 5.56 Å². The Morgan fingerprint density at radius 3 is 2.61 bits per heavy atom. The third kappa shape index (κ3) is 4.96. The highest BCUT2D eigenvalue weighted by atomic mass is 16.5. The van der Waals surface area contributed by atoms with Crippen molar-refractivity contribution in [3.63, 3.8) is 0 Å². The number of nitrogens with two attached hydrogens (primary N) is 1. The van der Waals surface area contributed by atoms with Gasteiger partial charge in [-0.05, 0) is 19.4 Å². The van der Waals surface area contributed by atoms with Gasteiger partial charge in [-0.25, -0.2) is 0 Å². The Bertz CT molecular complexity index is 353. The molecule has 0 bridgehead atoms. The van der Waals surface area contributed by atoms with Crippen molar-refractivity contribution in [1.82, 2.24) is 0 Å². The third-order valence-electron chi connectivity index (χ3n) is 2.68. The van der Waals surface area contributed by atoms with E-state index in [1.54, 1.807) is 6.92 Å². The number of carbonyl (C=O) groups excluding carboxylic acids is 1. The van der Waals surface area contributed by atoms with E-state index >= 15 is 0 Å². The van der Waals surface area contributed by atoms with Crippen LogP contribution in [0.1, 0.15) is 19.4 Å². The summed E-state index contributed by atoms with van der Waals surface area (Å²) < 4.78 is 10.6. The molecule has 4 nitrogen and oxygen atoms in total. The van der Waals surface area contributed by atoms with Gasteiger partial charge in [-0.3, -0.25) is 4.79 Å². The standard InChI is InChI=1S/C14H21NO3/c1-3-17-10-13(16)14(15)11(2)18-9-12-7-5-4-6-8-12/h4-8,11,14H,3,9-10,15H2,1-2H3. The molecule has 0 aliphatic heterocycles. The second kappa shape index (κ2) is 7.97. The molecule has 0 amide bonds. The first kappa shape index (κ1) is 14.8. The van der Waals surface area contributed by atoms with Gasteiger partial charge in [0.2, 0.25) is 0 Å². The van der Waals surface area contributed by atoms with E-state index in [1.807, 2.05) is 37.3 Å². The van der Waals surface area contributed by atoms with Gasteiger partial charge in [0, 0.05) is 6.61 Å². The number of ether oxygens (including phenoxy) is 2. The van der Waals surface area contributed by atoms with Gasteiger partial charge >= 0.3 is 0 Å². The zero-order valence-electron chi connectivity index (χ0n) is 11.0. The van der Waals surface area contributed by atoms with Gasteiger partial charge in [-0.1, -0.05) is 30.3 Å². The molecule has 0 aromatic heterocycles. The molecule has 18 heavy (non-hydrogen) atoms. The van der Waals surface area contributed by atoms with E-state index in [2.05, 4.69) is 0 Å². The number of ketones is 1. The zero-order chi connectivity index (χ0) is 13.4. The fourth-order valence-corrected chi connectivity index (χ4v) is 1.47. The van der Waals surface area contributed by atoms with Crippen molar-refractivity contribution >= 4 is 5.78 Å². The Kier molecular flexibility index (Phi) is 6.57. The Hall–Kier alpha value is -1.23. The topological polar surface area (TPSA) is 61.5 Å². The lowest BCUT2D eigenvalue weighted by atomic mass is 10.1. The van der Waals surface area contributed by atoms with Crippen LogP contribution in [0.25, 0.3) is 0 Å². The number of benzene rings is 1. The monoisotopic (exact) mass is 251 g/mol. The largest absolute Gasteiger partial charge is 0.374 e. The molecule has 2 N–H and O–H groups in total. The maximum absolute atomic E-state index is 11.6. The first-order valence-corrected chi connectivity index (χ1v) is 6.16. The molecule has 2 atom stereocenters. The molecule has 0 fully saturated rings. The summed E-state index contributed by atoms with van der Waals surface area (Å²) in [6, 6.07) is 9.15. The molecule has 0 spiro atoms. The molecule has 0 radical (unpaired) electrons. The first-order chi connectivity index (χ1) is 8.65. The smallest absolute Gasteiger partial charge is 0.177 e. The van der Waals surface area contributed by atoms with Crippen LogP contribution < -0.4 is 5.73 Å². The molecule has 1 aromatic rings. The summed E-state index contributed by atoms with van der Waals surface area (Å²) in [7, 11) is 0. The molecular formula is C14H21NO3. The summed E-state index contributed by atoms with van der Waals surface area (Å²) in [5.74, 6) is -0.127. The quantitative estimate of drug-likeness (QED) is 0.761. The normalized spacial score (nSPS) is 14.2. The number of hydrogen-bond acceptors (Lipinski definition) is 4. The summed E-state index contributed by atoms with van der Waals surface area (Å²) in [5, 5.41) is 0. The van der Waals surface area contributed by atoms with Crippen LogP contribution in [0.3, 0.4) is 0 Å². The van der Waals surface area contributed by atoms with E-state index < -0.39 is 6.04 Å². The van der Waals surface area contributed by atoms with Gasteiger partial charge < -0.3 is 15.2 Å². The van der Waals surface area contributed by atoms with Gasteiger partial charge in [0.25, 0.3) is 0 Å². The Morgan fingerprint density at radius 2 is 2.00 bits per heavy atom. The van der Waals surface area contributed by atoms with E-state index in [-0.39, 0.29) is 18.5 Å². The minimum Gasteiger partial charge on any atom is -0.374 e. The van der Waals surface area contributed by atoms with Crippen LogP contribution in [-0.4, -0.2) is 31.1 Å². The number of rotatable bonds is 8. The first-order valence-electron chi connectivity index (χ1n) is 6.16. The van der Waals surface area contributed by atoms with Crippen molar-refractivity contribution in [3.8, 4) is 0 Å². The van der Waals surface area contributed by atoms with Crippen LogP contribution in [0.15, 0.2) is 30.3 Å². The maximum atomic E-state index is 11.6. The van der Waals surface area contributed by atoms with Crippen molar-refractivity contribution in [1.29, 1.82) is 0 Å². The van der Waals surface area contributed by atoms with Crippen LogP contribution in [0, 0.1) is 0 Å². The van der Waals surface area contributed by atoms with E-state index in [0.29, 0.717) is 13.2 Å². The van der Waals surface area contributed by atoms with Gasteiger partial charge in [-0.15, -0.1) is 0 Å². The lowest BCUT2D eigenvalue weighted by Gasteiger charge is -2.19. The minimum atomic E-state index is -0.639. The van der Waals surface area contributed by atoms with Crippen molar-refractivity contribution in [2.24, 2.45) is 5.73 Å². The third-order valence-corrected chi connectivity index (χ3v) is 2.68. The molecule has 2 unspecified atom stereocenters. The SMILES string of the molecule is CCOCC(=O)C(N)C(C)OCc1ccccc1. The minimum absolute atomic E-state index is 0.0523.